The molecule has 11 heavy (non-hydrogen) atoms. The second kappa shape index (κ2) is 3.30. The normalized spacial score (nSPS) is 32.7. The molecule has 1 aliphatic heterocycles. The second-order valence-electron chi connectivity index (χ2n) is 3.97. The Morgan fingerprint density at radius 2 is 2.18 bits per heavy atom. The van der Waals surface area contributed by atoms with E-state index in [-0.39, 0.29) is 10.8 Å². The third-order valence-corrected chi connectivity index (χ3v) is 3.13. The molecule has 1 saturated heterocycles. The zero-order valence-corrected chi connectivity index (χ0v) is 7.99. The van der Waals surface area contributed by atoms with E-state index >= 15 is 0 Å². The van der Waals surface area contributed by atoms with Crippen LogP contribution in [0.2, 0.25) is 0 Å². The summed E-state index contributed by atoms with van der Waals surface area (Å²) in [5.41, 5.74) is 5.84. The Bertz CT molecular complexity index is 136. The molecule has 1 rings (SSSR count). The van der Waals surface area contributed by atoms with Crippen LogP contribution in [0.25, 0.3) is 0 Å². The van der Waals surface area contributed by atoms with Crippen LogP contribution in [0.15, 0.2) is 0 Å². The highest BCUT2D eigenvalue weighted by Crippen LogP contribution is 2.32. The van der Waals surface area contributed by atoms with Gasteiger partial charge >= 0.3 is 0 Å². The average molecular weight is 177 g/mol. The Kier molecular flexibility index (Phi) is 2.79. The lowest BCUT2D eigenvalue weighted by Crippen LogP contribution is -2.37. The van der Waals surface area contributed by atoms with Crippen molar-refractivity contribution in [2.24, 2.45) is 17.1 Å². The van der Waals surface area contributed by atoms with Crippen molar-refractivity contribution in [2.75, 3.05) is 19.6 Å². The summed E-state index contributed by atoms with van der Waals surface area (Å²) >= 11 is 6.12. The van der Waals surface area contributed by atoms with Gasteiger partial charge in [-0.1, -0.05) is 13.8 Å². The number of hydrogen-bond donors (Lipinski definition) is 2. The molecule has 66 valence electrons. The van der Waals surface area contributed by atoms with Crippen LogP contribution in [0.4, 0.5) is 0 Å². The Morgan fingerprint density at radius 3 is 2.55 bits per heavy atom. The minimum atomic E-state index is 0.177. The molecule has 2 unspecified atom stereocenters. The molecule has 3 N–H and O–H groups in total. The Hall–Kier alpha value is 0.210. The first-order valence-electron chi connectivity index (χ1n) is 4.13. The van der Waals surface area contributed by atoms with Gasteiger partial charge in [0.15, 0.2) is 0 Å². The molecule has 0 bridgehead atoms. The summed E-state index contributed by atoms with van der Waals surface area (Å²) in [6.45, 7) is 7.01. The van der Waals surface area contributed by atoms with Crippen molar-refractivity contribution in [1.82, 2.24) is 5.32 Å². The molecule has 0 amide bonds. The van der Waals surface area contributed by atoms with Gasteiger partial charge in [0.1, 0.15) is 0 Å². The highest BCUT2D eigenvalue weighted by Gasteiger charge is 2.36. The lowest BCUT2D eigenvalue weighted by atomic mass is 9.78. The third-order valence-electron chi connectivity index (χ3n) is 2.67. The number of nitrogens with one attached hydrogen (secondary N) is 1. The van der Waals surface area contributed by atoms with Crippen LogP contribution in [0.1, 0.15) is 13.8 Å². The van der Waals surface area contributed by atoms with Gasteiger partial charge < -0.3 is 11.1 Å². The minimum Gasteiger partial charge on any atom is -0.330 e. The molecule has 2 atom stereocenters. The van der Waals surface area contributed by atoms with Crippen LogP contribution < -0.4 is 11.1 Å². The summed E-state index contributed by atoms with van der Waals surface area (Å²) in [4.78, 5) is 0. The van der Waals surface area contributed by atoms with Crippen molar-refractivity contribution in [1.29, 1.82) is 0 Å². The highest BCUT2D eigenvalue weighted by atomic mass is 35.5. The van der Waals surface area contributed by atoms with E-state index in [0.29, 0.717) is 12.5 Å². The Labute approximate surface area is 73.5 Å². The summed E-state index contributed by atoms with van der Waals surface area (Å²) in [5.74, 6) is 0.522. The van der Waals surface area contributed by atoms with Gasteiger partial charge in [0, 0.05) is 13.1 Å². The van der Waals surface area contributed by atoms with Crippen LogP contribution in [0.5, 0.6) is 0 Å². The van der Waals surface area contributed by atoms with E-state index in [9.17, 15) is 0 Å². The van der Waals surface area contributed by atoms with Crippen LogP contribution in [0, 0.1) is 11.3 Å². The van der Waals surface area contributed by atoms with Crippen molar-refractivity contribution in [3.05, 3.63) is 0 Å². The SMILES string of the molecule is CC(C)(CN)C1CNCC1Cl. The largest absolute Gasteiger partial charge is 0.330 e. The first-order chi connectivity index (χ1) is 5.08. The van der Waals surface area contributed by atoms with Gasteiger partial charge in [0.05, 0.1) is 5.38 Å². The molecule has 0 saturated carbocycles. The fourth-order valence-electron chi connectivity index (χ4n) is 1.56. The van der Waals surface area contributed by atoms with Crippen molar-refractivity contribution in [2.45, 2.75) is 19.2 Å². The second-order valence-corrected chi connectivity index (χ2v) is 4.53. The molecule has 3 heteroatoms. The Morgan fingerprint density at radius 1 is 1.55 bits per heavy atom. The molecule has 0 radical (unpaired) electrons. The van der Waals surface area contributed by atoms with E-state index in [0.717, 1.165) is 13.1 Å². The van der Waals surface area contributed by atoms with Crippen LogP contribution in [-0.2, 0) is 0 Å². The molecule has 1 aliphatic rings. The quantitative estimate of drug-likeness (QED) is 0.611. The van der Waals surface area contributed by atoms with Gasteiger partial charge in [-0.25, -0.2) is 0 Å². The molecule has 0 aromatic carbocycles. The van der Waals surface area contributed by atoms with Gasteiger partial charge in [-0.15, -0.1) is 11.6 Å². The maximum atomic E-state index is 6.12. The number of hydrogen-bond acceptors (Lipinski definition) is 2. The van der Waals surface area contributed by atoms with Crippen molar-refractivity contribution in [3.63, 3.8) is 0 Å². The minimum absolute atomic E-state index is 0.177. The van der Waals surface area contributed by atoms with Gasteiger partial charge in [-0.05, 0) is 17.9 Å². The first-order valence-corrected chi connectivity index (χ1v) is 4.56. The number of rotatable bonds is 2. The number of halogens is 1. The summed E-state index contributed by atoms with van der Waals surface area (Å²) in [6.07, 6.45) is 0. The number of nitrogens with two attached hydrogens (primary N) is 1. The van der Waals surface area contributed by atoms with E-state index in [1.165, 1.54) is 0 Å². The van der Waals surface area contributed by atoms with E-state index in [2.05, 4.69) is 19.2 Å². The monoisotopic (exact) mass is 176 g/mol. The van der Waals surface area contributed by atoms with Gasteiger partial charge in [0.2, 0.25) is 0 Å². The number of alkyl halides is 1. The van der Waals surface area contributed by atoms with Gasteiger partial charge in [0.25, 0.3) is 0 Å². The van der Waals surface area contributed by atoms with Crippen molar-refractivity contribution >= 4 is 11.6 Å². The molecule has 0 aromatic heterocycles. The van der Waals surface area contributed by atoms with Crippen molar-refractivity contribution < 1.29 is 0 Å². The molecule has 1 heterocycles. The standard InChI is InChI=1S/C8H17ClN2/c1-8(2,5-10)6-3-11-4-7(6)9/h6-7,11H,3-5,10H2,1-2H3. The molecule has 0 spiro atoms. The van der Waals surface area contributed by atoms with E-state index in [1.54, 1.807) is 0 Å². The molecular formula is C8H17ClN2. The summed E-state index contributed by atoms with van der Waals surface area (Å²) in [5, 5.41) is 3.53. The fourth-order valence-corrected chi connectivity index (χ4v) is 2.10. The smallest absolute Gasteiger partial charge is 0.0506 e. The molecular weight excluding hydrogens is 160 g/mol. The van der Waals surface area contributed by atoms with Crippen molar-refractivity contribution in [3.8, 4) is 0 Å². The lowest BCUT2D eigenvalue weighted by Gasteiger charge is -2.31. The van der Waals surface area contributed by atoms with Crippen LogP contribution in [0.3, 0.4) is 0 Å². The van der Waals surface area contributed by atoms with E-state index in [1.807, 2.05) is 0 Å². The zero-order chi connectivity index (χ0) is 8.48. The third kappa shape index (κ3) is 1.86. The van der Waals surface area contributed by atoms with E-state index in [4.69, 9.17) is 17.3 Å². The Balaban J connectivity index is 2.58. The lowest BCUT2D eigenvalue weighted by molar-refractivity contribution is 0.244. The molecule has 0 aromatic rings. The molecule has 1 fully saturated rings. The predicted octanol–water partition coefficient (Wildman–Crippen LogP) is 0.798. The summed E-state index contributed by atoms with van der Waals surface area (Å²) in [6, 6.07) is 0. The summed E-state index contributed by atoms with van der Waals surface area (Å²) < 4.78 is 0. The fraction of sp³-hybridized carbons (Fsp3) is 1.00. The maximum Gasteiger partial charge on any atom is 0.0506 e. The molecule has 0 aliphatic carbocycles. The van der Waals surface area contributed by atoms with Crippen LogP contribution in [-0.4, -0.2) is 25.0 Å². The zero-order valence-electron chi connectivity index (χ0n) is 7.23. The highest BCUT2D eigenvalue weighted by molar-refractivity contribution is 6.21. The maximum absolute atomic E-state index is 6.12. The van der Waals surface area contributed by atoms with E-state index < -0.39 is 0 Å². The summed E-state index contributed by atoms with van der Waals surface area (Å²) in [7, 11) is 0. The van der Waals surface area contributed by atoms with Crippen LogP contribution >= 0.6 is 11.6 Å². The predicted molar refractivity (Wildman–Crippen MR) is 48.8 cm³/mol. The topological polar surface area (TPSA) is 38.0 Å². The van der Waals surface area contributed by atoms with Gasteiger partial charge in [-0.2, -0.15) is 0 Å². The average Bonchev–Trinajstić information content (AvgIpc) is 2.36. The molecule has 2 nitrogen and oxygen atoms in total. The first kappa shape index (κ1) is 9.30. The van der Waals surface area contributed by atoms with Gasteiger partial charge in [-0.3, -0.25) is 0 Å².